The molecular weight excluding hydrogens is 514 g/mol. The van der Waals surface area contributed by atoms with E-state index in [9.17, 15) is 9.59 Å². The number of halogens is 1. The molecule has 3 aliphatic rings. The third-order valence-corrected chi connectivity index (χ3v) is 8.14. The molecule has 5 rings (SSSR count). The second-order valence-corrected chi connectivity index (χ2v) is 11.1. The van der Waals surface area contributed by atoms with Gasteiger partial charge in [-0.3, -0.25) is 9.59 Å². The Morgan fingerprint density at radius 2 is 1.49 bits per heavy atom. The summed E-state index contributed by atoms with van der Waals surface area (Å²) in [7, 11) is 3.26. The quantitative estimate of drug-likeness (QED) is 0.369. The summed E-state index contributed by atoms with van der Waals surface area (Å²) in [5, 5.41) is 0.395. The Kier molecular flexibility index (Phi) is 8.15. The van der Waals surface area contributed by atoms with Crippen LogP contribution in [0.1, 0.15) is 66.7 Å². The van der Waals surface area contributed by atoms with Gasteiger partial charge in [0, 0.05) is 55.0 Å². The number of nitrogens with zero attached hydrogens (tertiary/aromatic N) is 1. The maximum Gasteiger partial charge on any atom is 0.180 e. The van der Waals surface area contributed by atoms with Gasteiger partial charge in [0.05, 0.1) is 18.7 Å². The summed E-state index contributed by atoms with van der Waals surface area (Å²) in [6, 6.07) is 10.0. The second kappa shape index (κ2) is 11.6. The van der Waals surface area contributed by atoms with Gasteiger partial charge in [-0.1, -0.05) is 40.9 Å². The summed E-state index contributed by atoms with van der Waals surface area (Å²) in [5.74, 6) is 0.666. The number of carbonyl (C=O) groups is 2. The first-order chi connectivity index (χ1) is 18.8. The summed E-state index contributed by atoms with van der Waals surface area (Å²) in [4.78, 5) is 29.2. The van der Waals surface area contributed by atoms with E-state index >= 15 is 0 Å². The van der Waals surface area contributed by atoms with E-state index in [0.717, 1.165) is 48.2 Å². The lowest BCUT2D eigenvalue weighted by atomic mass is 9.71. The monoisotopic (exact) mass is 549 g/mol. The van der Waals surface area contributed by atoms with Crippen LogP contribution >= 0.6 is 11.6 Å². The van der Waals surface area contributed by atoms with Gasteiger partial charge in [0.2, 0.25) is 0 Å². The Hall–Kier alpha value is -3.09. The van der Waals surface area contributed by atoms with Crippen molar-refractivity contribution in [2.24, 2.45) is 0 Å². The van der Waals surface area contributed by atoms with Gasteiger partial charge in [-0.15, -0.1) is 0 Å². The SMILES string of the molecule is COCCN1C2=C(C(=O)CCC2)C(c2cc(Cl)c(OCc3cc(C)cc(C)c3)c(OC)c2)C2=C1CCCC2=O. The van der Waals surface area contributed by atoms with Gasteiger partial charge < -0.3 is 19.1 Å². The average molecular weight is 550 g/mol. The zero-order valence-electron chi connectivity index (χ0n) is 23.2. The number of methoxy groups -OCH3 is 2. The van der Waals surface area contributed by atoms with Gasteiger partial charge in [0.25, 0.3) is 0 Å². The zero-order chi connectivity index (χ0) is 27.7. The molecular formula is C32H36ClNO5. The molecule has 2 aliphatic carbocycles. The first-order valence-corrected chi connectivity index (χ1v) is 14.1. The van der Waals surface area contributed by atoms with Crippen LogP contribution in [0.5, 0.6) is 11.5 Å². The van der Waals surface area contributed by atoms with E-state index in [1.165, 1.54) is 11.1 Å². The highest BCUT2D eigenvalue weighted by atomic mass is 35.5. The first kappa shape index (κ1) is 27.5. The molecule has 0 atom stereocenters. The summed E-state index contributed by atoms with van der Waals surface area (Å²) in [5.41, 5.74) is 7.64. The van der Waals surface area contributed by atoms with Gasteiger partial charge in [-0.25, -0.2) is 0 Å². The minimum Gasteiger partial charge on any atom is -0.493 e. The molecule has 0 radical (unpaired) electrons. The molecule has 1 aliphatic heterocycles. The molecule has 0 bridgehead atoms. The van der Waals surface area contributed by atoms with E-state index in [0.29, 0.717) is 60.3 Å². The van der Waals surface area contributed by atoms with E-state index < -0.39 is 5.92 Å². The minimum atomic E-state index is -0.464. The molecule has 0 amide bonds. The largest absolute Gasteiger partial charge is 0.493 e. The van der Waals surface area contributed by atoms with Crippen LogP contribution in [-0.4, -0.2) is 43.8 Å². The first-order valence-electron chi connectivity index (χ1n) is 13.7. The van der Waals surface area contributed by atoms with E-state index in [-0.39, 0.29) is 11.6 Å². The Balaban J connectivity index is 1.58. The van der Waals surface area contributed by atoms with E-state index in [1.807, 2.05) is 12.1 Å². The highest BCUT2D eigenvalue weighted by Gasteiger charge is 2.43. The molecule has 0 spiro atoms. The van der Waals surface area contributed by atoms with Crippen LogP contribution in [0.4, 0.5) is 0 Å². The lowest BCUT2D eigenvalue weighted by Gasteiger charge is -2.44. The lowest BCUT2D eigenvalue weighted by Crippen LogP contribution is -2.40. The molecule has 0 fully saturated rings. The van der Waals surface area contributed by atoms with Crippen molar-refractivity contribution in [3.63, 3.8) is 0 Å². The van der Waals surface area contributed by atoms with Crippen molar-refractivity contribution in [2.75, 3.05) is 27.4 Å². The number of aryl methyl sites for hydroxylation is 2. The maximum absolute atomic E-state index is 13.5. The zero-order valence-corrected chi connectivity index (χ0v) is 24.0. The fourth-order valence-corrected chi connectivity index (χ4v) is 6.63. The molecule has 206 valence electrons. The molecule has 1 heterocycles. The number of ether oxygens (including phenoxy) is 3. The number of hydrogen-bond acceptors (Lipinski definition) is 6. The predicted octanol–water partition coefficient (Wildman–Crippen LogP) is 6.60. The standard InChI is InChI=1S/C32H36ClNO5/c1-19-13-20(2)15-21(14-19)18-39-32-23(33)16-22(17-28(32)38-4)29-30-24(7-5-9-26(30)35)34(11-12-37-3)25-8-6-10-27(36)31(25)29/h13-17,29H,5-12,18H2,1-4H3. The van der Waals surface area contributed by atoms with Crippen LogP contribution in [0.2, 0.25) is 5.02 Å². The van der Waals surface area contributed by atoms with Crippen LogP contribution < -0.4 is 9.47 Å². The normalized spacial score (nSPS) is 17.9. The van der Waals surface area contributed by atoms with Crippen molar-refractivity contribution in [1.82, 2.24) is 4.90 Å². The number of allylic oxidation sites excluding steroid dienone is 4. The molecule has 39 heavy (non-hydrogen) atoms. The van der Waals surface area contributed by atoms with Gasteiger partial charge in [0.1, 0.15) is 6.61 Å². The molecule has 0 N–H and O–H groups in total. The van der Waals surface area contributed by atoms with E-state index in [4.69, 9.17) is 25.8 Å². The van der Waals surface area contributed by atoms with E-state index in [1.54, 1.807) is 14.2 Å². The van der Waals surface area contributed by atoms with Crippen LogP contribution in [-0.2, 0) is 20.9 Å². The van der Waals surface area contributed by atoms with Gasteiger partial charge in [-0.2, -0.15) is 0 Å². The van der Waals surface area contributed by atoms with Crippen LogP contribution in [0.15, 0.2) is 52.9 Å². The van der Waals surface area contributed by atoms with Crippen molar-refractivity contribution in [3.8, 4) is 11.5 Å². The Morgan fingerprint density at radius 1 is 0.872 bits per heavy atom. The minimum absolute atomic E-state index is 0.0961. The lowest BCUT2D eigenvalue weighted by molar-refractivity contribution is -0.117. The third-order valence-electron chi connectivity index (χ3n) is 7.86. The second-order valence-electron chi connectivity index (χ2n) is 10.7. The molecule has 7 heteroatoms. The van der Waals surface area contributed by atoms with Gasteiger partial charge in [-0.05, 0) is 62.8 Å². The highest BCUT2D eigenvalue weighted by molar-refractivity contribution is 6.32. The molecule has 6 nitrogen and oxygen atoms in total. The van der Waals surface area contributed by atoms with E-state index in [2.05, 4.69) is 36.9 Å². The number of benzene rings is 2. The number of rotatable bonds is 8. The van der Waals surface area contributed by atoms with Gasteiger partial charge >= 0.3 is 0 Å². The maximum atomic E-state index is 13.5. The summed E-state index contributed by atoms with van der Waals surface area (Å²) in [6.45, 7) is 5.61. The van der Waals surface area contributed by atoms with Crippen LogP contribution in [0.25, 0.3) is 0 Å². The van der Waals surface area contributed by atoms with Crippen molar-refractivity contribution < 1.29 is 23.8 Å². The number of Topliss-reactive ketones (excluding diaryl/α,β-unsaturated/α-hetero) is 2. The predicted molar refractivity (Wildman–Crippen MR) is 151 cm³/mol. The van der Waals surface area contributed by atoms with Crippen molar-refractivity contribution in [3.05, 3.63) is 80.1 Å². The fraction of sp³-hybridized carbons (Fsp3) is 0.438. The Bertz CT molecular complexity index is 1310. The summed E-state index contributed by atoms with van der Waals surface area (Å²) >= 11 is 6.85. The molecule has 0 unspecified atom stereocenters. The van der Waals surface area contributed by atoms with Crippen molar-refractivity contribution in [2.45, 2.75) is 64.9 Å². The van der Waals surface area contributed by atoms with Crippen LogP contribution in [0, 0.1) is 13.8 Å². The van der Waals surface area contributed by atoms with Crippen LogP contribution in [0.3, 0.4) is 0 Å². The highest BCUT2D eigenvalue weighted by Crippen LogP contribution is 2.51. The number of hydrogen-bond donors (Lipinski definition) is 0. The smallest absolute Gasteiger partial charge is 0.180 e. The Morgan fingerprint density at radius 3 is 2.05 bits per heavy atom. The molecule has 0 aromatic heterocycles. The van der Waals surface area contributed by atoms with Gasteiger partial charge in [0.15, 0.2) is 23.1 Å². The Labute approximate surface area is 235 Å². The summed E-state index contributed by atoms with van der Waals surface area (Å²) in [6.07, 6.45) is 4.17. The number of ketones is 2. The average Bonchev–Trinajstić information content (AvgIpc) is 2.90. The van der Waals surface area contributed by atoms with Crippen molar-refractivity contribution >= 4 is 23.2 Å². The fourth-order valence-electron chi connectivity index (χ4n) is 6.36. The number of carbonyl (C=O) groups excluding carboxylic acids is 2. The molecule has 2 aromatic rings. The third kappa shape index (κ3) is 5.37. The topological polar surface area (TPSA) is 65.1 Å². The molecule has 2 aromatic carbocycles. The summed E-state index contributed by atoms with van der Waals surface area (Å²) < 4.78 is 17.3. The molecule has 0 saturated carbocycles. The molecule has 0 saturated heterocycles. The van der Waals surface area contributed by atoms with Crippen molar-refractivity contribution in [1.29, 1.82) is 0 Å².